The minimum absolute atomic E-state index is 0.0395. The van der Waals surface area contributed by atoms with E-state index in [1.807, 2.05) is 6.92 Å². The van der Waals surface area contributed by atoms with E-state index in [1.165, 1.54) is 37.3 Å². The van der Waals surface area contributed by atoms with Crippen LogP contribution in [0.3, 0.4) is 0 Å². The number of nitrogens with zero attached hydrogens (tertiary/aromatic N) is 1. The molecule has 0 aromatic heterocycles. The fourth-order valence-electron chi connectivity index (χ4n) is 2.96. The number of fused-ring (bicyclic) bond motifs is 1. The molecule has 0 unspecified atom stereocenters. The van der Waals surface area contributed by atoms with Crippen molar-refractivity contribution in [3.63, 3.8) is 0 Å². The Balaban J connectivity index is 1.74. The van der Waals surface area contributed by atoms with Gasteiger partial charge in [0.15, 0.2) is 17.7 Å². The van der Waals surface area contributed by atoms with Gasteiger partial charge in [-0.2, -0.15) is 5.10 Å². The quantitative estimate of drug-likeness (QED) is 0.821. The van der Waals surface area contributed by atoms with E-state index >= 15 is 0 Å². The van der Waals surface area contributed by atoms with Gasteiger partial charge in [0.2, 0.25) is 0 Å². The molecule has 5 nitrogen and oxygen atoms in total. The molecule has 1 amide bonds. The van der Waals surface area contributed by atoms with E-state index in [9.17, 15) is 18.7 Å². The third kappa shape index (κ3) is 3.37. The first kappa shape index (κ1) is 17.8. The zero-order valence-corrected chi connectivity index (χ0v) is 14.3. The number of amides is 1. The van der Waals surface area contributed by atoms with E-state index in [1.54, 1.807) is 6.07 Å². The summed E-state index contributed by atoms with van der Waals surface area (Å²) in [5, 5.41) is 14.0. The smallest absolute Gasteiger partial charge is 0.280 e. The van der Waals surface area contributed by atoms with Crippen LogP contribution in [-0.4, -0.2) is 22.8 Å². The molecule has 0 radical (unpaired) electrons. The molecule has 2 N–H and O–H groups in total. The Morgan fingerprint density at radius 3 is 2.73 bits per heavy atom. The van der Waals surface area contributed by atoms with E-state index in [0.29, 0.717) is 23.3 Å². The second-order valence-electron chi connectivity index (χ2n) is 6.19. The summed E-state index contributed by atoms with van der Waals surface area (Å²) in [4.78, 5) is 12.2. The number of aromatic hydroxyl groups is 1. The van der Waals surface area contributed by atoms with Crippen LogP contribution in [0.2, 0.25) is 0 Å². The van der Waals surface area contributed by atoms with Crippen LogP contribution in [0.1, 0.15) is 37.3 Å². The molecule has 2 atom stereocenters. The van der Waals surface area contributed by atoms with Crippen LogP contribution < -0.4 is 10.2 Å². The van der Waals surface area contributed by atoms with Crippen LogP contribution in [0.5, 0.6) is 11.5 Å². The van der Waals surface area contributed by atoms with Gasteiger partial charge < -0.3 is 9.84 Å². The van der Waals surface area contributed by atoms with Crippen LogP contribution in [0.25, 0.3) is 0 Å². The average Bonchev–Trinajstić information content (AvgIpc) is 2.95. The Hall–Kier alpha value is -2.96. The number of phenolic OH excluding ortho intramolecular Hbond substituents is 1. The molecular formula is C19H18F2N2O3. The molecular weight excluding hydrogens is 342 g/mol. The van der Waals surface area contributed by atoms with Crippen LogP contribution in [-0.2, 0) is 4.79 Å². The molecule has 136 valence electrons. The number of benzene rings is 2. The average molecular weight is 360 g/mol. The number of carbonyl (C=O) groups excluding carboxylic acids is 1. The Bertz CT molecular complexity index is 883. The molecule has 0 spiro atoms. The number of halogens is 2. The molecule has 1 aliphatic rings. The van der Waals surface area contributed by atoms with Gasteiger partial charge in [0.25, 0.3) is 5.91 Å². The van der Waals surface area contributed by atoms with E-state index in [0.717, 1.165) is 0 Å². The summed E-state index contributed by atoms with van der Waals surface area (Å²) >= 11 is 0. The maximum Gasteiger partial charge on any atom is 0.280 e. The van der Waals surface area contributed by atoms with Gasteiger partial charge in [-0.15, -0.1) is 0 Å². The van der Waals surface area contributed by atoms with Crippen molar-refractivity contribution in [1.29, 1.82) is 0 Å². The molecule has 26 heavy (non-hydrogen) atoms. The highest BCUT2D eigenvalue weighted by Crippen LogP contribution is 2.39. The molecule has 1 aliphatic carbocycles. The molecule has 0 heterocycles. The standard InChI is InChI=1S/C19H18F2N2O3/c1-10-9-14(18-15(24)8-7-13(21)17(10)18)22-23-19(25)11(2)26-16-6-4-3-5-12(16)20/h3-8,10-11,24H,9H2,1-2H3,(H,23,25)/b22-14+/t10-,11-/m1/s1. The number of hydrogen-bond donors (Lipinski definition) is 2. The second kappa shape index (κ2) is 7.11. The largest absolute Gasteiger partial charge is 0.507 e. The van der Waals surface area contributed by atoms with Crippen molar-refractivity contribution in [2.45, 2.75) is 32.3 Å². The molecule has 0 bridgehead atoms. The van der Waals surface area contributed by atoms with Gasteiger partial charge in [0, 0.05) is 11.1 Å². The summed E-state index contributed by atoms with van der Waals surface area (Å²) in [7, 11) is 0. The van der Waals surface area contributed by atoms with Crippen molar-refractivity contribution in [3.8, 4) is 11.5 Å². The Labute approximate surface area is 149 Å². The van der Waals surface area contributed by atoms with Gasteiger partial charge in [-0.25, -0.2) is 14.2 Å². The molecule has 0 fully saturated rings. The zero-order chi connectivity index (χ0) is 18.8. The van der Waals surface area contributed by atoms with Crippen molar-refractivity contribution < 1.29 is 23.4 Å². The van der Waals surface area contributed by atoms with Crippen LogP contribution in [0.4, 0.5) is 8.78 Å². The van der Waals surface area contributed by atoms with Gasteiger partial charge in [-0.3, -0.25) is 4.79 Å². The Morgan fingerprint density at radius 2 is 2.00 bits per heavy atom. The molecule has 3 rings (SSSR count). The predicted octanol–water partition coefficient (Wildman–Crippen LogP) is 3.47. The van der Waals surface area contributed by atoms with E-state index in [-0.39, 0.29) is 17.4 Å². The van der Waals surface area contributed by atoms with Gasteiger partial charge in [-0.05, 0) is 43.5 Å². The fourth-order valence-corrected chi connectivity index (χ4v) is 2.96. The van der Waals surface area contributed by atoms with Crippen molar-refractivity contribution in [2.24, 2.45) is 5.10 Å². The number of ether oxygens (including phenoxy) is 1. The Morgan fingerprint density at radius 1 is 1.27 bits per heavy atom. The lowest BCUT2D eigenvalue weighted by molar-refractivity contribution is -0.127. The van der Waals surface area contributed by atoms with Gasteiger partial charge >= 0.3 is 0 Å². The zero-order valence-electron chi connectivity index (χ0n) is 14.3. The van der Waals surface area contributed by atoms with Gasteiger partial charge in [0.05, 0.1) is 5.71 Å². The summed E-state index contributed by atoms with van der Waals surface area (Å²) in [6.45, 7) is 3.28. The van der Waals surface area contributed by atoms with Gasteiger partial charge in [-0.1, -0.05) is 19.1 Å². The number of hydrazone groups is 1. The normalized spacial score (nSPS) is 18.5. The minimum atomic E-state index is -0.990. The first-order chi connectivity index (χ1) is 12.4. The third-order valence-electron chi connectivity index (χ3n) is 4.26. The van der Waals surface area contributed by atoms with Crippen molar-refractivity contribution in [2.75, 3.05) is 0 Å². The SMILES string of the molecule is C[C@@H]1C/C(=N\NC(=O)[C@@H](C)Oc2ccccc2F)c2c(O)ccc(F)c21. The van der Waals surface area contributed by atoms with Crippen molar-refractivity contribution >= 4 is 11.6 Å². The maximum absolute atomic E-state index is 14.0. The first-order valence-corrected chi connectivity index (χ1v) is 8.17. The van der Waals surface area contributed by atoms with Crippen LogP contribution >= 0.6 is 0 Å². The fraction of sp³-hybridized carbons (Fsp3) is 0.263. The summed E-state index contributed by atoms with van der Waals surface area (Å²) < 4.78 is 32.9. The summed E-state index contributed by atoms with van der Waals surface area (Å²) in [5.41, 5.74) is 3.41. The summed E-state index contributed by atoms with van der Waals surface area (Å²) in [6, 6.07) is 8.22. The monoisotopic (exact) mass is 360 g/mol. The van der Waals surface area contributed by atoms with Crippen molar-refractivity contribution in [1.82, 2.24) is 5.43 Å². The van der Waals surface area contributed by atoms with E-state index < -0.39 is 23.6 Å². The van der Waals surface area contributed by atoms with Crippen molar-refractivity contribution in [3.05, 3.63) is 59.2 Å². The van der Waals surface area contributed by atoms with E-state index in [2.05, 4.69) is 10.5 Å². The Kier molecular flexibility index (Phi) is 4.88. The lowest BCUT2D eigenvalue weighted by atomic mass is 10.0. The minimum Gasteiger partial charge on any atom is -0.507 e. The number of rotatable bonds is 4. The number of nitrogens with one attached hydrogen (secondary N) is 1. The first-order valence-electron chi connectivity index (χ1n) is 8.17. The van der Waals surface area contributed by atoms with Crippen LogP contribution in [0, 0.1) is 11.6 Å². The highest BCUT2D eigenvalue weighted by atomic mass is 19.1. The van der Waals surface area contributed by atoms with Crippen LogP contribution in [0.15, 0.2) is 41.5 Å². The maximum atomic E-state index is 14.0. The highest BCUT2D eigenvalue weighted by Gasteiger charge is 2.31. The molecule has 2 aromatic rings. The number of carbonyl (C=O) groups is 1. The molecule has 2 aromatic carbocycles. The number of hydrogen-bond acceptors (Lipinski definition) is 4. The topological polar surface area (TPSA) is 70.9 Å². The lowest BCUT2D eigenvalue weighted by Crippen LogP contribution is -2.34. The molecule has 0 saturated heterocycles. The number of phenols is 1. The summed E-state index contributed by atoms with van der Waals surface area (Å²) in [6.07, 6.45) is -0.609. The third-order valence-corrected chi connectivity index (χ3v) is 4.26. The second-order valence-corrected chi connectivity index (χ2v) is 6.19. The lowest BCUT2D eigenvalue weighted by Gasteiger charge is -2.13. The number of para-hydroxylation sites is 1. The van der Waals surface area contributed by atoms with Gasteiger partial charge in [0.1, 0.15) is 11.6 Å². The van der Waals surface area contributed by atoms with E-state index in [4.69, 9.17) is 4.74 Å². The molecule has 0 saturated carbocycles. The molecule has 7 heteroatoms. The summed E-state index contributed by atoms with van der Waals surface area (Å²) in [5.74, 6) is -1.87. The molecule has 0 aliphatic heterocycles. The highest BCUT2D eigenvalue weighted by molar-refractivity contribution is 6.07. The predicted molar refractivity (Wildman–Crippen MR) is 92.3 cm³/mol.